The summed E-state index contributed by atoms with van der Waals surface area (Å²) in [6.45, 7) is 7.56. The third-order valence-electron chi connectivity index (χ3n) is 3.35. The molecule has 0 saturated carbocycles. The van der Waals surface area contributed by atoms with Crippen molar-refractivity contribution in [3.63, 3.8) is 0 Å². The highest BCUT2D eigenvalue weighted by Gasteiger charge is 2.18. The van der Waals surface area contributed by atoms with Gasteiger partial charge in [0.15, 0.2) is 17.3 Å². The molecule has 22 heavy (non-hydrogen) atoms. The van der Waals surface area contributed by atoms with E-state index in [9.17, 15) is 0 Å². The van der Waals surface area contributed by atoms with Crippen molar-refractivity contribution in [2.24, 2.45) is 0 Å². The van der Waals surface area contributed by atoms with E-state index in [2.05, 4.69) is 30.9 Å². The fraction of sp³-hybridized carbons (Fsp3) is 0.500. The summed E-state index contributed by atoms with van der Waals surface area (Å²) in [5, 5.41) is 4.10. The van der Waals surface area contributed by atoms with Gasteiger partial charge in [-0.15, -0.1) is 11.8 Å². The Morgan fingerprint density at radius 3 is 2.59 bits per heavy atom. The topological polar surface area (TPSA) is 57.4 Å². The Hall–Kier alpha value is -1.69. The monoisotopic (exact) mass is 320 g/mol. The Morgan fingerprint density at radius 1 is 1.09 bits per heavy atom. The molecule has 0 N–H and O–H groups in total. The van der Waals surface area contributed by atoms with Gasteiger partial charge in [-0.2, -0.15) is 4.98 Å². The lowest BCUT2D eigenvalue weighted by atomic mass is 10.2. The minimum absolute atomic E-state index is 0.0877. The van der Waals surface area contributed by atoms with E-state index in [-0.39, 0.29) is 11.2 Å². The maximum Gasteiger partial charge on any atom is 0.239 e. The van der Waals surface area contributed by atoms with Gasteiger partial charge in [0.05, 0.1) is 18.5 Å². The highest BCUT2D eigenvalue weighted by atomic mass is 32.2. The van der Waals surface area contributed by atoms with Gasteiger partial charge in [-0.25, -0.2) is 0 Å². The summed E-state index contributed by atoms with van der Waals surface area (Å²) in [6.07, 6.45) is 0.910. The van der Waals surface area contributed by atoms with E-state index in [0.717, 1.165) is 28.6 Å². The zero-order valence-electron chi connectivity index (χ0n) is 13.0. The lowest BCUT2D eigenvalue weighted by Gasteiger charge is -2.11. The molecular weight excluding hydrogens is 300 g/mol. The van der Waals surface area contributed by atoms with Crippen LogP contribution in [0.5, 0.6) is 11.5 Å². The van der Waals surface area contributed by atoms with Crippen LogP contribution in [0.3, 0.4) is 0 Å². The maximum atomic E-state index is 5.72. The fourth-order valence-electron chi connectivity index (χ4n) is 2.12. The molecule has 1 aromatic heterocycles. The zero-order chi connectivity index (χ0) is 15.5. The second-order valence-electron chi connectivity index (χ2n) is 5.56. The summed E-state index contributed by atoms with van der Waals surface area (Å²) >= 11 is 1.67. The van der Waals surface area contributed by atoms with Crippen LogP contribution in [0.25, 0.3) is 0 Å². The predicted octanol–water partition coefficient (Wildman–Crippen LogP) is 4.21. The van der Waals surface area contributed by atoms with E-state index in [1.807, 2.05) is 18.2 Å². The number of thioether (sulfide) groups is 1. The van der Waals surface area contributed by atoms with E-state index < -0.39 is 0 Å². The summed E-state index contributed by atoms with van der Waals surface area (Å²) in [5.41, 5.74) is 0. The molecule has 1 aliphatic heterocycles. The van der Waals surface area contributed by atoms with Gasteiger partial charge in [0, 0.05) is 17.2 Å². The standard InChI is InChI=1S/C16H20N2O3S/c1-10(2)15-17-16(21-18-15)11(3)22-12-5-6-13-14(9-12)20-8-4-7-19-13/h5-6,9-11H,4,7-8H2,1-3H3/t11-/m0/s1. The molecule has 0 unspecified atom stereocenters. The van der Waals surface area contributed by atoms with E-state index in [4.69, 9.17) is 14.0 Å². The van der Waals surface area contributed by atoms with Crippen molar-refractivity contribution >= 4 is 11.8 Å². The molecule has 0 bridgehead atoms. The van der Waals surface area contributed by atoms with Crippen molar-refractivity contribution in [1.82, 2.24) is 10.1 Å². The third kappa shape index (κ3) is 3.38. The average Bonchev–Trinajstić information content (AvgIpc) is 2.88. The van der Waals surface area contributed by atoms with Gasteiger partial charge in [0.25, 0.3) is 0 Å². The van der Waals surface area contributed by atoms with Gasteiger partial charge < -0.3 is 14.0 Å². The minimum atomic E-state index is 0.0877. The third-order valence-corrected chi connectivity index (χ3v) is 4.43. The molecule has 0 amide bonds. The van der Waals surface area contributed by atoms with Crippen LogP contribution in [0.15, 0.2) is 27.6 Å². The Balaban J connectivity index is 1.73. The lowest BCUT2D eigenvalue weighted by Crippen LogP contribution is -1.97. The number of fused-ring (bicyclic) bond motifs is 1. The number of hydrogen-bond acceptors (Lipinski definition) is 6. The number of hydrogen-bond donors (Lipinski definition) is 0. The largest absolute Gasteiger partial charge is 0.490 e. The van der Waals surface area contributed by atoms with Gasteiger partial charge in [0.1, 0.15) is 0 Å². The minimum Gasteiger partial charge on any atom is -0.490 e. The van der Waals surface area contributed by atoms with E-state index in [0.29, 0.717) is 19.1 Å². The van der Waals surface area contributed by atoms with Gasteiger partial charge in [0.2, 0.25) is 5.89 Å². The molecule has 2 heterocycles. The van der Waals surface area contributed by atoms with E-state index in [1.54, 1.807) is 11.8 Å². The second kappa shape index (κ2) is 6.60. The Kier molecular flexibility index (Phi) is 4.57. The number of nitrogens with zero attached hydrogens (tertiary/aromatic N) is 2. The molecule has 118 valence electrons. The number of benzene rings is 1. The van der Waals surface area contributed by atoms with Crippen molar-refractivity contribution in [3.8, 4) is 11.5 Å². The molecule has 3 rings (SSSR count). The first-order chi connectivity index (χ1) is 10.6. The SMILES string of the molecule is CC(C)c1noc([C@H](C)Sc2ccc3c(c2)OCCCO3)n1. The molecule has 2 aromatic rings. The van der Waals surface area contributed by atoms with Gasteiger partial charge >= 0.3 is 0 Å². The molecule has 0 aliphatic carbocycles. The van der Waals surface area contributed by atoms with Gasteiger partial charge in [-0.3, -0.25) is 0 Å². The number of rotatable bonds is 4. The first kappa shape index (κ1) is 15.2. The van der Waals surface area contributed by atoms with Crippen LogP contribution >= 0.6 is 11.8 Å². The van der Waals surface area contributed by atoms with Crippen molar-refractivity contribution in [3.05, 3.63) is 29.9 Å². The molecule has 6 heteroatoms. The van der Waals surface area contributed by atoms with E-state index in [1.165, 1.54) is 0 Å². The van der Waals surface area contributed by atoms with Crippen molar-refractivity contribution < 1.29 is 14.0 Å². The normalized spacial score (nSPS) is 15.6. The van der Waals surface area contributed by atoms with Crippen LogP contribution in [0.2, 0.25) is 0 Å². The van der Waals surface area contributed by atoms with Crippen molar-refractivity contribution in [2.45, 2.75) is 43.3 Å². The lowest BCUT2D eigenvalue weighted by molar-refractivity contribution is 0.297. The smallest absolute Gasteiger partial charge is 0.239 e. The molecule has 1 aliphatic rings. The Labute approximate surface area is 134 Å². The average molecular weight is 320 g/mol. The molecule has 0 saturated heterocycles. The van der Waals surface area contributed by atoms with Crippen LogP contribution < -0.4 is 9.47 Å². The first-order valence-electron chi connectivity index (χ1n) is 7.53. The Morgan fingerprint density at radius 2 is 1.86 bits per heavy atom. The maximum absolute atomic E-state index is 5.72. The highest BCUT2D eigenvalue weighted by Crippen LogP contribution is 2.39. The summed E-state index contributed by atoms with van der Waals surface area (Å²) in [7, 11) is 0. The van der Waals surface area contributed by atoms with Crippen LogP contribution in [-0.4, -0.2) is 23.4 Å². The van der Waals surface area contributed by atoms with Crippen LogP contribution in [0, 0.1) is 0 Å². The van der Waals surface area contributed by atoms with Crippen LogP contribution in [-0.2, 0) is 0 Å². The first-order valence-corrected chi connectivity index (χ1v) is 8.41. The van der Waals surface area contributed by atoms with Gasteiger partial charge in [-0.1, -0.05) is 19.0 Å². The van der Waals surface area contributed by atoms with Crippen LogP contribution in [0.1, 0.15) is 50.1 Å². The number of ether oxygens (including phenoxy) is 2. The summed E-state index contributed by atoms with van der Waals surface area (Å²) in [4.78, 5) is 5.55. The molecule has 1 atom stereocenters. The van der Waals surface area contributed by atoms with Crippen molar-refractivity contribution in [2.75, 3.05) is 13.2 Å². The second-order valence-corrected chi connectivity index (χ2v) is 6.98. The zero-order valence-corrected chi connectivity index (χ0v) is 13.9. The quantitative estimate of drug-likeness (QED) is 0.787. The molecule has 0 spiro atoms. The molecule has 0 fully saturated rings. The Bertz CT molecular complexity index is 642. The number of aromatic nitrogens is 2. The summed E-state index contributed by atoms with van der Waals surface area (Å²) in [5.74, 6) is 3.30. The molecule has 5 nitrogen and oxygen atoms in total. The molecule has 0 radical (unpaired) electrons. The van der Waals surface area contributed by atoms with E-state index >= 15 is 0 Å². The summed E-state index contributed by atoms with van der Waals surface area (Å²) in [6, 6.07) is 6.01. The molecule has 1 aromatic carbocycles. The van der Waals surface area contributed by atoms with Crippen molar-refractivity contribution in [1.29, 1.82) is 0 Å². The summed E-state index contributed by atoms with van der Waals surface area (Å²) < 4.78 is 16.7. The fourth-order valence-corrected chi connectivity index (χ4v) is 3.04. The highest BCUT2D eigenvalue weighted by molar-refractivity contribution is 7.99. The molecular formula is C16H20N2O3S. The predicted molar refractivity (Wildman–Crippen MR) is 84.7 cm³/mol. The van der Waals surface area contributed by atoms with Crippen LogP contribution in [0.4, 0.5) is 0 Å². The van der Waals surface area contributed by atoms with Gasteiger partial charge in [-0.05, 0) is 25.1 Å².